The quantitative estimate of drug-likeness (QED) is 0.161. The van der Waals surface area contributed by atoms with Gasteiger partial charge in [-0.1, -0.05) is 249 Å². The van der Waals surface area contributed by atoms with Crippen LogP contribution < -0.4 is 4.90 Å². The van der Waals surface area contributed by atoms with Crippen molar-refractivity contribution in [2.24, 2.45) is 0 Å². The molecule has 0 radical (unpaired) electrons. The van der Waals surface area contributed by atoms with Crippen molar-refractivity contribution in [2.45, 2.75) is 10.8 Å². The minimum atomic E-state index is -0.477. The van der Waals surface area contributed by atoms with E-state index in [1.807, 2.05) is 0 Å². The van der Waals surface area contributed by atoms with Crippen LogP contribution in [0.2, 0.25) is 0 Å². The summed E-state index contributed by atoms with van der Waals surface area (Å²) >= 11 is 0. The van der Waals surface area contributed by atoms with E-state index >= 15 is 0 Å². The molecule has 75 heavy (non-hydrogen) atoms. The number of fused-ring (bicyclic) bond motifs is 20. The monoisotopic (exact) mass is 949 g/mol. The van der Waals surface area contributed by atoms with Gasteiger partial charge in [0.05, 0.1) is 22.2 Å². The number of rotatable bonds is 6. The molecule has 0 aromatic heterocycles. The summed E-state index contributed by atoms with van der Waals surface area (Å²) in [5.41, 5.74) is 30.7. The molecule has 0 N–H and O–H groups in total. The van der Waals surface area contributed by atoms with Gasteiger partial charge in [0.15, 0.2) is 0 Å². The molecule has 0 fully saturated rings. The largest absolute Gasteiger partial charge is 0.309 e. The third-order valence-corrected chi connectivity index (χ3v) is 17.1. The van der Waals surface area contributed by atoms with Gasteiger partial charge in [0.25, 0.3) is 0 Å². The Kier molecular flexibility index (Phi) is 8.94. The van der Waals surface area contributed by atoms with Crippen molar-refractivity contribution >= 4 is 17.1 Å². The van der Waals surface area contributed by atoms with E-state index in [2.05, 4.69) is 290 Å². The van der Waals surface area contributed by atoms with Gasteiger partial charge in [-0.3, -0.25) is 0 Å². The van der Waals surface area contributed by atoms with Gasteiger partial charge in [0.1, 0.15) is 0 Å². The third kappa shape index (κ3) is 5.67. The first-order valence-electron chi connectivity index (χ1n) is 26.2. The van der Waals surface area contributed by atoms with E-state index in [-0.39, 0.29) is 0 Å². The summed E-state index contributed by atoms with van der Waals surface area (Å²) in [5.74, 6) is 0. The molecule has 4 aliphatic carbocycles. The van der Waals surface area contributed by atoms with E-state index < -0.39 is 10.8 Å². The van der Waals surface area contributed by atoms with Gasteiger partial charge in [0.2, 0.25) is 0 Å². The lowest BCUT2D eigenvalue weighted by molar-refractivity contribution is 0.794. The van der Waals surface area contributed by atoms with Crippen molar-refractivity contribution in [3.63, 3.8) is 0 Å². The zero-order chi connectivity index (χ0) is 49.2. The molecule has 0 unspecified atom stereocenters. The molecule has 0 saturated heterocycles. The van der Waals surface area contributed by atoms with Crippen LogP contribution in [-0.4, -0.2) is 0 Å². The summed E-state index contributed by atoms with van der Waals surface area (Å²) in [4.78, 5) is 2.54. The van der Waals surface area contributed by atoms with Crippen LogP contribution in [0.15, 0.2) is 285 Å². The van der Waals surface area contributed by atoms with Crippen molar-refractivity contribution < 1.29 is 0 Å². The van der Waals surface area contributed by atoms with Gasteiger partial charge in [-0.25, -0.2) is 0 Å². The molecule has 0 heterocycles. The van der Waals surface area contributed by atoms with Crippen LogP contribution in [0.4, 0.5) is 17.1 Å². The molecule has 0 saturated carbocycles. The highest BCUT2D eigenvalue weighted by atomic mass is 15.1. The summed E-state index contributed by atoms with van der Waals surface area (Å²) in [6.45, 7) is 0. The molecule has 2 spiro atoms. The van der Waals surface area contributed by atoms with Crippen molar-refractivity contribution in [1.82, 2.24) is 0 Å². The molecule has 0 amide bonds. The summed E-state index contributed by atoms with van der Waals surface area (Å²) in [6.07, 6.45) is 0. The Morgan fingerprint density at radius 1 is 0.200 bits per heavy atom. The van der Waals surface area contributed by atoms with Crippen LogP contribution in [0.3, 0.4) is 0 Å². The Morgan fingerprint density at radius 3 is 1.11 bits per heavy atom. The lowest BCUT2D eigenvalue weighted by atomic mass is 9.70. The van der Waals surface area contributed by atoms with E-state index in [9.17, 15) is 0 Å². The number of anilines is 3. The van der Waals surface area contributed by atoms with Crippen LogP contribution in [0, 0.1) is 0 Å². The number of benzene rings is 12. The zero-order valence-corrected chi connectivity index (χ0v) is 41.1. The molecule has 1 heteroatoms. The van der Waals surface area contributed by atoms with Crippen LogP contribution >= 0.6 is 0 Å². The van der Waals surface area contributed by atoms with Crippen molar-refractivity contribution in [3.05, 3.63) is 330 Å². The molecule has 16 rings (SSSR count). The molecular weight excluding hydrogens is 903 g/mol. The Morgan fingerprint density at radius 2 is 0.573 bits per heavy atom. The fourth-order valence-corrected chi connectivity index (χ4v) is 14.2. The van der Waals surface area contributed by atoms with Gasteiger partial charge in [-0.05, 0) is 148 Å². The fraction of sp³-hybridized carbons (Fsp3) is 0.0270. The van der Waals surface area contributed by atoms with Gasteiger partial charge in [-0.2, -0.15) is 0 Å². The number of nitrogens with zero attached hydrogens (tertiary/aromatic N) is 1. The standard InChI is InChI=1S/C74H47N/c1-3-20-48(21-4-1)51-41-45-70(61(46-51)50-22-5-2-6-23-50)75(71-37-19-36-68-72(71)60-29-12-18-35-67(60)73(68)62-30-13-7-24-54(62)55-25-8-14-31-63(55)73)53-42-38-49(39-43-53)52-40-44-59-58-28-11-17-34-66(58)74(69(59)47-52)64-32-15-9-26-56(64)57-27-10-16-33-65(57)74/h1-47H. The maximum Gasteiger partial charge on any atom is 0.0726 e. The predicted octanol–water partition coefficient (Wildman–Crippen LogP) is 18.8. The van der Waals surface area contributed by atoms with Crippen LogP contribution in [0.25, 0.3) is 77.9 Å². The number of hydrogen-bond donors (Lipinski definition) is 0. The first kappa shape index (κ1) is 42.0. The molecular formula is C74H47N. The van der Waals surface area contributed by atoms with E-state index in [4.69, 9.17) is 0 Å². The molecule has 0 atom stereocenters. The van der Waals surface area contributed by atoms with Gasteiger partial charge >= 0.3 is 0 Å². The van der Waals surface area contributed by atoms with E-state index in [0.29, 0.717) is 0 Å². The molecule has 1 nitrogen and oxygen atoms in total. The van der Waals surface area contributed by atoms with Crippen molar-refractivity contribution in [2.75, 3.05) is 4.90 Å². The third-order valence-electron chi connectivity index (χ3n) is 17.1. The van der Waals surface area contributed by atoms with Gasteiger partial charge in [-0.15, -0.1) is 0 Å². The Balaban J connectivity index is 0.918. The maximum absolute atomic E-state index is 2.54. The zero-order valence-electron chi connectivity index (χ0n) is 41.1. The van der Waals surface area contributed by atoms with E-state index in [0.717, 1.165) is 28.2 Å². The molecule has 12 aromatic rings. The molecule has 0 bridgehead atoms. The summed E-state index contributed by atoms with van der Waals surface area (Å²) in [6, 6.07) is 107. The molecule has 348 valence electrons. The fourth-order valence-electron chi connectivity index (χ4n) is 14.2. The topological polar surface area (TPSA) is 3.24 Å². The van der Waals surface area contributed by atoms with Crippen molar-refractivity contribution in [3.8, 4) is 77.9 Å². The van der Waals surface area contributed by atoms with Crippen LogP contribution in [-0.2, 0) is 10.8 Å². The average molecular weight is 950 g/mol. The summed E-state index contributed by atoms with van der Waals surface area (Å²) < 4.78 is 0. The summed E-state index contributed by atoms with van der Waals surface area (Å²) in [5, 5.41) is 0. The lowest BCUT2D eigenvalue weighted by Gasteiger charge is -2.32. The van der Waals surface area contributed by atoms with Gasteiger partial charge < -0.3 is 4.90 Å². The second kappa shape index (κ2) is 16.0. The number of hydrogen-bond acceptors (Lipinski definition) is 1. The predicted molar refractivity (Wildman–Crippen MR) is 310 cm³/mol. The molecule has 4 aliphatic rings. The normalized spacial score (nSPS) is 13.8. The highest BCUT2D eigenvalue weighted by Gasteiger charge is 2.53. The Hall–Kier alpha value is -9.56. The van der Waals surface area contributed by atoms with Gasteiger partial charge in [0, 0.05) is 16.8 Å². The minimum absolute atomic E-state index is 0.409. The highest BCUT2D eigenvalue weighted by molar-refractivity contribution is 6.03. The highest BCUT2D eigenvalue weighted by Crippen LogP contribution is 2.66. The molecule has 0 aliphatic heterocycles. The smallest absolute Gasteiger partial charge is 0.0726 e. The Labute approximate surface area is 438 Å². The van der Waals surface area contributed by atoms with Crippen molar-refractivity contribution in [1.29, 1.82) is 0 Å². The minimum Gasteiger partial charge on any atom is -0.309 e. The second-order valence-corrected chi connectivity index (χ2v) is 20.6. The molecule has 12 aromatic carbocycles. The SMILES string of the molecule is c1ccc(-c2ccc(N(c3ccc(-c4ccc5c(c4)C4(c6ccccc6-c6ccccc64)c4ccccc4-5)cc3)c3cccc4c3-c3ccccc3C43c4ccccc4-c4ccccc43)c(-c3ccccc3)c2)cc1. The summed E-state index contributed by atoms with van der Waals surface area (Å²) in [7, 11) is 0. The first-order chi connectivity index (χ1) is 37.2. The average Bonchev–Trinajstić information content (AvgIpc) is 4.37. The van der Waals surface area contributed by atoms with Crippen LogP contribution in [0.1, 0.15) is 44.5 Å². The lowest BCUT2D eigenvalue weighted by Crippen LogP contribution is -2.26. The van der Waals surface area contributed by atoms with E-state index in [1.165, 1.54) is 111 Å². The maximum atomic E-state index is 2.54. The second-order valence-electron chi connectivity index (χ2n) is 20.6. The first-order valence-corrected chi connectivity index (χ1v) is 26.2. The Bertz CT molecular complexity index is 4190. The van der Waals surface area contributed by atoms with Crippen LogP contribution in [0.5, 0.6) is 0 Å². The van der Waals surface area contributed by atoms with E-state index in [1.54, 1.807) is 0 Å².